The van der Waals surface area contributed by atoms with Crippen molar-refractivity contribution in [2.24, 2.45) is 5.92 Å². The Labute approximate surface area is 181 Å². The minimum Gasteiger partial charge on any atom is -0.349 e. The molecule has 8 nitrogen and oxygen atoms in total. The van der Waals surface area contributed by atoms with E-state index < -0.39 is 11.2 Å². The van der Waals surface area contributed by atoms with Crippen LogP contribution in [0.1, 0.15) is 74.2 Å². The van der Waals surface area contributed by atoms with E-state index in [1.807, 2.05) is 0 Å². The van der Waals surface area contributed by atoms with Gasteiger partial charge in [-0.25, -0.2) is 9.78 Å². The zero-order valence-corrected chi connectivity index (χ0v) is 17.9. The number of carbonyl (C=O) groups is 1. The molecule has 0 atom stereocenters. The quantitative estimate of drug-likeness (QED) is 0.765. The number of amides is 1. The van der Waals surface area contributed by atoms with Crippen molar-refractivity contribution in [3.8, 4) is 0 Å². The number of likely N-dealkylation sites (tertiary alicyclic amines) is 1. The third-order valence-electron chi connectivity index (χ3n) is 7.12. The molecule has 3 heterocycles. The lowest BCUT2D eigenvalue weighted by Gasteiger charge is -2.35. The fourth-order valence-electron chi connectivity index (χ4n) is 5.20. The smallest absolute Gasteiger partial charge is 0.330 e. The Morgan fingerprint density at radius 1 is 1.06 bits per heavy atom. The van der Waals surface area contributed by atoms with Crippen molar-refractivity contribution in [2.45, 2.75) is 69.9 Å². The third kappa shape index (κ3) is 4.44. The molecule has 1 saturated heterocycles. The number of rotatable bonds is 5. The first-order valence-corrected chi connectivity index (χ1v) is 11.8. The lowest BCUT2D eigenvalue weighted by molar-refractivity contribution is 0.0901. The molecule has 31 heavy (non-hydrogen) atoms. The molecule has 0 bridgehead atoms. The Kier molecular flexibility index (Phi) is 5.65. The summed E-state index contributed by atoms with van der Waals surface area (Å²) >= 11 is 0. The molecule has 0 radical (unpaired) electrons. The van der Waals surface area contributed by atoms with Crippen molar-refractivity contribution in [3.63, 3.8) is 0 Å². The van der Waals surface area contributed by atoms with Gasteiger partial charge < -0.3 is 10.2 Å². The first-order chi connectivity index (χ1) is 15.1. The fraction of sp³-hybridized carbons (Fsp3) is 0.652. The third-order valence-corrected chi connectivity index (χ3v) is 7.12. The van der Waals surface area contributed by atoms with Gasteiger partial charge in [-0.05, 0) is 50.5 Å². The molecule has 1 aliphatic heterocycles. The lowest BCUT2D eigenvalue weighted by atomic mass is 9.88. The van der Waals surface area contributed by atoms with Crippen LogP contribution in [0.5, 0.6) is 0 Å². The Balaban J connectivity index is 1.23. The van der Waals surface area contributed by atoms with Gasteiger partial charge in [0.05, 0.1) is 10.9 Å². The summed E-state index contributed by atoms with van der Waals surface area (Å²) in [6, 6.07) is 1.80. The topological polar surface area (TPSA) is 100 Å². The van der Waals surface area contributed by atoms with Gasteiger partial charge in [-0.2, -0.15) is 0 Å². The van der Waals surface area contributed by atoms with Crippen LogP contribution in [0.15, 0.2) is 21.9 Å². The van der Waals surface area contributed by atoms with E-state index in [-0.39, 0.29) is 18.0 Å². The number of piperidine rings is 1. The molecule has 166 valence electrons. The summed E-state index contributed by atoms with van der Waals surface area (Å²) in [5, 5.41) is 3.41. The summed E-state index contributed by atoms with van der Waals surface area (Å²) in [5.41, 5.74) is -0.188. The highest BCUT2D eigenvalue weighted by atomic mass is 16.2. The van der Waals surface area contributed by atoms with Crippen molar-refractivity contribution in [3.05, 3.63) is 38.7 Å². The monoisotopic (exact) mass is 425 g/mol. The van der Waals surface area contributed by atoms with Crippen molar-refractivity contribution < 1.29 is 4.79 Å². The maximum Gasteiger partial charge on any atom is 0.330 e. The SMILES string of the molecule is O=C(NC1CCN(CC2CCCCC2)CC1)c1cnc2c(c1)c(=O)[nH]c(=O)n2C1CC1. The highest BCUT2D eigenvalue weighted by Crippen LogP contribution is 2.34. The van der Waals surface area contributed by atoms with Crippen molar-refractivity contribution in [1.82, 2.24) is 24.8 Å². The number of fused-ring (bicyclic) bond motifs is 1. The second-order valence-electron chi connectivity index (χ2n) is 9.51. The van der Waals surface area contributed by atoms with Crippen LogP contribution in [0.2, 0.25) is 0 Å². The highest BCUT2D eigenvalue weighted by molar-refractivity contribution is 5.96. The predicted octanol–water partition coefficient (Wildman–Crippen LogP) is 2.19. The number of hydrogen-bond donors (Lipinski definition) is 2. The normalized spacial score (nSPS) is 21.4. The Morgan fingerprint density at radius 2 is 1.81 bits per heavy atom. The van der Waals surface area contributed by atoms with E-state index in [1.165, 1.54) is 44.8 Å². The van der Waals surface area contributed by atoms with E-state index in [0.717, 1.165) is 44.7 Å². The van der Waals surface area contributed by atoms with Gasteiger partial charge in [0.15, 0.2) is 0 Å². The van der Waals surface area contributed by atoms with Crippen LogP contribution >= 0.6 is 0 Å². The average molecular weight is 426 g/mol. The Bertz CT molecular complexity index is 1070. The van der Waals surface area contributed by atoms with Gasteiger partial charge in [0.1, 0.15) is 5.65 Å². The largest absolute Gasteiger partial charge is 0.349 e. The van der Waals surface area contributed by atoms with E-state index in [0.29, 0.717) is 16.6 Å². The molecule has 5 rings (SSSR count). The Hall–Kier alpha value is -2.48. The van der Waals surface area contributed by atoms with E-state index in [2.05, 4.69) is 20.2 Å². The number of nitrogens with zero attached hydrogens (tertiary/aromatic N) is 3. The second-order valence-corrected chi connectivity index (χ2v) is 9.51. The predicted molar refractivity (Wildman–Crippen MR) is 118 cm³/mol. The van der Waals surface area contributed by atoms with Crippen LogP contribution in [0.3, 0.4) is 0 Å². The molecular formula is C23H31N5O3. The van der Waals surface area contributed by atoms with E-state index in [1.54, 1.807) is 10.6 Å². The van der Waals surface area contributed by atoms with Gasteiger partial charge in [0, 0.05) is 37.9 Å². The summed E-state index contributed by atoms with van der Waals surface area (Å²) in [4.78, 5) is 46.5. The minimum atomic E-state index is -0.491. The average Bonchev–Trinajstić information content (AvgIpc) is 3.61. The summed E-state index contributed by atoms with van der Waals surface area (Å²) in [6.07, 6.45) is 12.0. The Morgan fingerprint density at radius 3 is 2.52 bits per heavy atom. The van der Waals surface area contributed by atoms with Crippen LogP contribution in [-0.4, -0.2) is 51.0 Å². The zero-order valence-electron chi connectivity index (χ0n) is 17.9. The van der Waals surface area contributed by atoms with E-state index in [9.17, 15) is 14.4 Å². The fourth-order valence-corrected chi connectivity index (χ4v) is 5.20. The molecular weight excluding hydrogens is 394 g/mol. The van der Waals surface area contributed by atoms with Crippen molar-refractivity contribution in [2.75, 3.05) is 19.6 Å². The van der Waals surface area contributed by atoms with Crippen molar-refractivity contribution in [1.29, 1.82) is 0 Å². The summed E-state index contributed by atoms with van der Waals surface area (Å²) in [6.45, 7) is 3.23. The number of aromatic nitrogens is 3. The van der Waals surface area contributed by atoms with Crippen LogP contribution in [0, 0.1) is 5.92 Å². The van der Waals surface area contributed by atoms with Gasteiger partial charge >= 0.3 is 5.69 Å². The summed E-state index contributed by atoms with van der Waals surface area (Å²) < 4.78 is 1.54. The first kappa shape index (κ1) is 20.4. The molecule has 2 saturated carbocycles. The standard InChI is InChI=1S/C23H31N5O3/c29-21(25-17-8-10-27(11-9-17)14-15-4-2-1-3-5-15)16-12-19-20(24-13-16)28(18-6-7-18)23(31)26-22(19)30/h12-13,15,17-18H,1-11,14H2,(H,25,29)(H,26,30,31). The molecule has 0 unspecified atom stereocenters. The van der Waals surface area contributed by atoms with Crippen LogP contribution < -0.4 is 16.6 Å². The number of H-pyrrole nitrogens is 1. The lowest BCUT2D eigenvalue weighted by Crippen LogP contribution is -2.46. The van der Waals surface area contributed by atoms with Crippen LogP contribution in [0.25, 0.3) is 11.0 Å². The highest BCUT2D eigenvalue weighted by Gasteiger charge is 2.28. The maximum absolute atomic E-state index is 12.8. The van der Waals surface area contributed by atoms with Crippen LogP contribution in [0.4, 0.5) is 0 Å². The molecule has 1 amide bonds. The van der Waals surface area contributed by atoms with Gasteiger partial charge in [0.25, 0.3) is 11.5 Å². The number of carbonyl (C=O) groups excluding carboxylic acids is 1. The van der Waals surface area contributed by atoms with Gasteiger partial charge in [-0.3, -0.25) is 19.1 Å². The molecule has 0 spiro atoms. The molecule has 3 aliphatic rings. The van der Waals surface area contributed by atoms with E-state index >= 15 is 0 Å². The number of hydrogen-bond acceptors (Lipinski definition) is 5. The molecule has 3 fully saturated rings. The van der Waals surface area contributed by atoms with Gasteiger partial charge in [-0.1, -0.05) is 19.3 Å². The van der Waals surface area contributed by atoms with Crippen LogP contribution in [-0.2, 0) is 0 Å². The molecule has 2 N–H and O–H groups in total. The molecule has 2 aromatic rings. The zero-order chi connectivity index (χ0) is 21.4. The second kappa shape index (κ2) is 8.57. The molecule has 0 aromatic carbocycles. The van der Waals surface area contributed by atoms with Gasteiger partial charge in [-0.15, -0.1) is 0 Å². The number of aromatic amines is 1. The molecule has 2 aliphatic carbocycles. The summed E-state index contributed by atoms with van der Waals surface area (Å²) in [5.74, 6) is 0.637. The molecule has 2 aromatic heterocycles. The maximum atomic E-state index is 12.8. The molecule has 8 heteroatoms. The minimum absolute atomic E-state index is 0.0952. The van der Waals surface area contributed by atoms with Crippen molar-refractivity contribution >= 4 is 16.9 Å². The number of nitrogens with one attached hydrogen (secondary N) is 2. The number of pyridine rings is 1. The summed E-state index contributed by atoms with van der Waals surface area (Å²) in [7, 11) is 0. The van der Waals surface area contributed by atoms with E-state index in [4.69, 9.17) is 0 Å². The first-order valence-electron chi connectivity index (χ1n) is 11.8. The van der Waals surface area contributed by atoms with Gasteiger partial charge in [0.2, 0.25) is 0 Å².